The molecule has 21 heavy (non-hydrogen) atoms. The van der Waals surface area contributed by atoms with Gasteiger partial charge in [-0.2, -0.15) is 0 Å². The number of urea groups is 1. The minimum absolute atomic E-state index is 0.116. The zero-order valence-corrected chi connectivity index (χ0v) is 13.4. The van der Waals surface area contributed by atoms with E-state index in [0.717, 1.165) is 13.1 Å². The maximum atomic E-state index is 12.1. The highest BCUT2D eigenvalue weighted by Gasteiger charge is 2.27. The van der Waals surface area contributed by atoms with E-state index in [9.17, 15) is 9.59 Å². The first kappa shape index (κ1) is 17.7. The summed E-state index contributed by atoms with van der Waals surface area (Å²) in [4.78, 5) is 26.8. The summed E-state index contributed by atoms with van der Waals surface area (Å²) in [6.07, 6.45) is -0.614. The van der Waals surface area contributed by atoms with E-state index in [1.807, 2.05) is 0 Å². The molecule has 1 aliphatic heterocycles. The maximum absolute atomic E-state index is 12.1. The van der Waals surface area contributed by atoms with E-state index < -0.39 is 12.1 Å². The number of ether oxygens (including phenoxy) is 1. The van der Waals surface area contributed by atoms with Gasteiger partial charge in [-0.25, -0.2) is 4.79 Å². The van der Waals surface area contributed by atoms with E-state index in [2.05, 4.69) is 31.0 Å². The second-order valence-electron chi connectivity index (χ2n) is 6.29. The van der Waals surface area contributed by atoms with E-state index in [1.165, 1.54) is 7.11 Å². The Morgan fingerprint density at radius 3 is 2.24 bits per heavy atom. The number of aliphatic carboxylic acids is 1. The normalized spacial score (nSPS) is 18.4. The topological polar surface area (TPSA) is 82.1 Å². The van der Waals surface area contributed by atoms with Gasteiger partial charge in [0.1, 0.15) is 0 Å². The second-order valence-corrected chi connectivity index (χ2v) is 6.29. The molecule has 0 saturated carbocycles. The SMILES string of the molecule is COC(CNC(=O)N1CCN(C(C)(C)C)CC1)CC(=O)O. The van der Waals surface area contributed by atoms with Gasteiger partial charge in [0.25, 0.3) is 0 Å². The molecule has 0 spiro atoms. The molecule has 1 aliphatic rings. The summed E-state index contributed by atoms with van der Waals surface area (Å²) in [6.45, 7) is 9.76. The molecule has 0 aromatic carbocycles. The number of carbonyl (C=O) groups is 2. The number of piperazine rings is 1. The lowest BCUT2D eigenvalue weighted by molar-refractivity contribution is -0.139. The summed E-state index contributed by atoms with van der Waals surface area (Å²) >= 11 is 0. The van der Waals surface area contributed by atoms with E-state index in [4.69, 9.17) is 9.84 Å². The zero-order valence-electron chi connectivity index (χ0n) is 13.4. The minimum atomic E-state index is -0.935. The number of carbonyl (C=O) groups excluding carboxylic acids is 1. The van der Waals surface area contributed by atoms with Gasteiger partial charge in [-0.1, -0.05) is 0 Å². The van der Waals surface area contributed by atoms with Crippen molar-refractivity contribution in [3.8, 4) is 0 Å². The largest absolute Gasteiger partial charge is 0.481 e. The van der Waals surface area contributed by atoms with Crippen LogP contribution in [0.5, 0.6) is 0 Å². The Kier molecular flexibility index (Phi) is 6.42. The Hall–Kier alpha value is -1.34. The van der Waals surface area contributed by atoms with E-state index >= 15 is 0 Å². The third kappa shape index (κ3) is 5.89. The lowest BCUT2D eigenvalue weighted by atomic mass is 10.1. The molecule has 0 aromatic heterocycles. The predicted octanol–water partition coefficient (Wildman–Crippen LogP) is 0.602. The highest BCUT2D eigenvalue weighted by atomic mass is 16.5. The van der Waals surface area contributed by atoms with Crippen LogP contribution in [-0.4, -0.2) is 78.4 Å². The number of nitrogens with one attached hydrogen (secondary N) is 1. The van der Waals surface area contributed by atoms with Crippen LogP contribution in [0.25, 0.3) is 0 Å². The molecule has 1 rings (SSSR count). The molecule has 1 fully saturated rings. The number of hydrogen-bond donors (Lipinski definition) is 2. The van der Waals surface area contributed by atoms with E-state index in [-0.39, 0.29) is 24.5 Å². The van der Waals surface area contributed by atoms with Crippen LogP contribution in [0.4, 0.5) is 4.79 Å². The van der Waals surface area contributed by atoms with Crippen LogP contribution in [0.3, 0.4) is 0 Å². The molecule has 0 aliphatic carbocycles. The molecule has 122 valence electrons. The van der Waals surface area contributed by atoms with Crippen molar-refractivity contribution in [3.05, 3.63) is 0 Å². The molecule has 1 saturated heterocycles. The van der Waals surface area contributed by atoms with Gasteiger partial charge in [-0.3, -0.25) is 9.69 Å². The number of amides is 2. The summed E-state index contributed by atoms with van der Waals surface area (Å²) in [7, 11) is 1.45. The van der Waals surface area contributed by atoms with Crippen molar-refractivity contribution in [1.29, 1.82) is 0 Å². The molecule has 2 amide bonds. The molecule has 0 bridgehead atoms. The molecule has 1 heterocycles. The quantitative estimate of drug-likeness (QED) is 0.777. The van der Waals surface area contributed by atoms with Gasteiger partial charge in [0.15, 0.2) is 0 Å². The summed E-state index contributed by atoms with van der Waals surface area (Å²) in [5, 5.41) is 11.5. The van der Waals surface area contributed by atoms with Crippen LogP contribution in [0.2, 0.25) is 0 Å². The van der Waals surface area contributed by atoms with Gasteiger partial charge in [-0.15, -0.1) is 0 Å². The van der Waals surface area contributed by atoms with Gasteiger partial charge < -0.3 is 20.1 Å². The summed E-state index contributed by atoms with van der Waals surface area (Å²) in [6, 6.07) is -0.156. The standard InChI is InChI=1S/C14H27N3O4/c1-14(2,3)17-7-5-16(6-8-17)13(20)15-10-11(21-4)9-12(18)19/h11H,5-10H2,1-4H3,(H,15,20)(H,18,19). The van der Waals surface area contributed by atoms with E-state index in [0.29, 0.717) is 13.1 Å². The zero-order chi connectivity index (χ0) is 16.0. The van der Waals surface area contributed by atoms with Crippen molar-refractivity contribution in [2.45, 2.75) is 38.8 Å². The van der Waals surface area contributed by atoms with Gasteiger partial charge in [0, 0.05) is 45.4 Å². The third-order valence-electron chi connectivity index (χ3n) is 3.73. The van der Waals surface area contributed by atoms with Gasteiger partial charge in [0.2, 0.25) is 0 Å². The van der Waals surface area contributed by atoms with Crippen molar-refractivity contribution in [2.75, 3.05) is 39.8 Å². The van der Waals surface area contributed by atoms with Gasteiger partial charge >= 0.3 is 12.0 Å². The first-order valence-electron chi connectivity index (χ1n) is 7.26. The molecule has 7 heteroatoms. The van der Waals surface area contributed by atoms with Crippen LogP contribution in [0.15, 0.2) is 0 Å². The number of carboxylic acid groups (broad SMARTS) is 1. The number of methoxy groups -OCH3 is 1. The molecule has 7 nitrogen and oxygen atoms in total. The molecule has 1 unspecified atom stereocenters. The first-order chi connectivity index (χ1) is 9.74. The van der Waals surface area contributed by atoms with Crippen molar-refractivity contribution < 1.29 is 19.4 Å². The van der Waals surface area contributed by atoms with Crippen LogP contribution in [-0.2, 0) is 9.53 Å². The first-order valence-corrected chi connectivity index (χ1v) is 7.26. The highest BCUT2D eigenvalue weighted by Crippen LogP contribution is 2.15. The Balaban J connectivity index is 2.35. The van der Waals surface area contributed by atoms with Crippen LogP contribution in [0, 0.1) is 0 Å². The predicted molar refractivity (Wildman–Crippen MR) is 79.3 cm³/mol. The highest BCUT2D eigenvalue weighted by molar-refractivity contribution is 5.74. The fourth-order valence-corrected chi connectivity index (χ4v) is 2.33. The Labute approximate surface area is 126 Å². The van der Waals surface area contributed by atoms with Gasteiger partial charge in [0.05, 0.1) is 12.5 Å². The minimum Gasteiger partial charge on any atom is -0.481 e. The summed E-state index contributed by atoms with van der Waals surface area (Å²) in [5.74, 6) is -0.935. The van der Waals surface area contributed by atoms with E-state index in [1.54, 1.807) is 4.90 Å². The van der Waals surface area contributed by atoms with Crippen molar-refractivity contribution in [1.82, 2.24) is 15.1 Å². The molecular weight excluding hydrogens is 274 g/mol. The lowest BCUT2D eigenvalue weighted by Gasteiger charge is -2.42. The van der Waals surface area contributed by atoms with Gasteiger partial charge in [-0.05, 0) is 20.8 Å². The van der Waals surface area contributed by atoms with Crippen molar-refractivity contribution in [2.24, 2.45) is 0 Å². The number of nitrogens with zero attached hydrogens (tertiary/aromatic N) is 2. The Morgan fingerprint density at radius 2 is 1.81 bits per heavy atom. The number of rotatable bonds is 5. The van der Waals surface area contributed by atoms with Crippen LogP contribution >= 0.6 is 0 Å². The van der Waals surface area contributed by atoms with Crippen LogP contribution < -0.4 is 5.32 Å². The number of carboxylic acids is 1. The third-order valence-corrected chi connectivity index (χ3v) is 3.73. The maximum Gasteiger partial charge on any atom is 0.317 e. The smallest absolute Gasteiger partial charge is 0.317 e. The molecule has 1 atom stereocenters. The second kappa shape index (κ2) is 7.61. The average Bonchev–Trinajstić information content (AvgIpc) is 2.41. The molecule has 2 N–H and O–H groups in total. The fourth-order valence-electron chi connectivity index (χ4n) is 2.33. The van der Waals surface area contributed by atoms with Crippen molar-refractivity contribution >= 4 is 12.0 Å². The Morgan fingerprint density at radius 1 is 1.24 bits per heavy atom. The monoisotopic (exact) mass is 301 g/mol. The average molecular weight is 301 g/mol. The van der Waals surface area contributed by atoms with Crippen molar-refractivity contribution in [3.63, 3.8) is 0 Å². The fraction of sp³-hybridized carbons (Fsp3) is 0.857. The Bertz CT molecular complexity index is 360. The number of hydrogen-bond acceptors (Lipinski definition) is 4. The summed E-state index contributed by atoms with van der Waals surface area (Å²) in [5.41, 5.74) is 0.116. The molecular formula is C14H27N3O4. The van der Waals surface area contributed by atoms with Crippen LogP contribution in [0.1, 0.15) is 27.2 Å². The summed E-state index contributed by atoms with van der Waals surface area (Å²) < 4.78 is 5.04. The molecule has 0 radical (unpaired) electrons. The lowest BCUT2D eigenvalue weighted by Crippen LogP contribution is -2.56. The molecule has 0 aromatic rings.